The van der Waals surface area contributed by atoms with E-state index in [2.05, 4.69) is 4.90 Å². The summed E-state index contributed by atoms with van der Waals surface area (Å²) in [5, 5.41) is 0. The fourth-order valence-electron chi connectivity index (χ4n) is 3.18. The third-order valence-corrected chi connectivity index (χ3v) is 4.21. The lowest BCUT2D eigenvalue weighted by atomic mass is 9.95. The maximum atomic E-state index is 5.93. The minimum absolute atomic E-state index is 0.404. The predicted molar refractivity (Wildman–Crippen MR) is 68.0 cm³/mol. The molecule has 2 N–H and O–H groups in total. The van der Waals surface area contributed by atoms with Gasteiger partial charge in [-0.05, 0) is 32.1 Å². The first-order chi connectivity index (χ1) is 8.35. The van der Waals surface area contributed by atoms with Crippen molar-refractivity contribution in [2.45, 2.75) is 50.3 Å². The van der Waals surface area contributed by atoms with Crippen LogP contribution < -0.4 is 5.73 Å². The van der Waals surface area contributed by atoms with Gasteiger partial charge in [-0.25, -0.2) is 0 Å². The molecule has 0 aromatic rings. The molecule has 4 heteroatoms. The number of ether oxygens (including phenoxy) is 2. The van der Waals surface area contributed by atoms with Gasteiger partial charge in [-0.15, -0.1) is 0 Å². The van der Waals surface area contributed by atoms with Gasteiger partial charge in [-0.3, -0.25) is 4.90 Å². The lowest BCUT2D eigenvalue weighted by Crippen LogP contribution is -2.53. The third kappa shape index (κ3) is 3.41. The normalized spacial score (nSPS) is 36.7. The monoisotopic (exact) mass is 242 g/mol. The highest BCUT2D eigenvalue weighted by molar-refractivity contribution is 4.87. The molecule has 0 bridgehead atoms. The van der Waals surface area contributed by atoms with Crippen LogP contribution in [0.4, 0.5) is 0 Å². The van der Waals surface area contributed by atoms with Crippen LogP contribution in [0.1, 0.15) is 32.1 Å². The van der Waals surface area contributed by atoms with E-state index in [-0.39, 0.29) is 0 Å². The molecule has 3 atom stereocenters. The maximum absolute atomic E-state index is 5.93. The Kier molecular flexibility index (Phi) is 5.22. The second-order valence-electron chi connectivity index (χ2n) is 5.21. The Labute approximate surface area is 104 Å². The molecule has 0 saturated carbocycles. The second kappa shape index (κ2) is 6.69. The minimum atomic E-state index is 0.404. The number of hydrogen-bond acceptors (Lipinski definition) is 4. The zero-order valence-electron chi connectivity index (χ0n) is 10.9. The average Bonchev–Trinajstić information content (AvgIpc) is 2.66. The molecule has 0 aromatic heterocycles. The van der Waals surface area contributed by atoms with E-state index in [1.165, 1.54) is 12.8 Å². The van der Waals surface area contributed by atoms with Crippen molar-refractivity contribution in [1.82, 2.24) is 4.90 Å². The molecule has 0 aliphatic carbocycles. The van der Waals surface area contributed by atoms with Gasteiger partial charge < -0.3 is 15.2 Å². The van der Waals surface area contributed by atoms with E-state index in [0.717, 1.165) is 45.6 Å². The van der Waals surface area contributed by atoms with E-state index in [4.69, 9.17) is 15.2 Å². The lowest BCUT2D eigenvalue weighted by Gasteiger charge is -2.43. The quantitative estimate of drug-likeness (QED) is 0.802. The van der Waals surface area contributed by atoms with Gasteiger partial charge in [0, 0.05) is 45.5 Å². The van der Waals surface area contributed by atoms with Crippen LogP contribution >= 0.6 is 0 Å². The summed E-state index contributed by atoms with van der Waals surface area (Å²) < 4.78 is 11.0. The van der Waals surface area contributed by atoms with Crippen molar-refractivity contribution >= 4 is 0 Å². The summed E-state index contributed by atoms with van der Waals surface area (Å²) in [6.45, 7) is 3.72. The van der Waals surface area contributed by atoms with Crippen LogP contribution in [-0.4, -0.2) is 56.5 Å². The van der Waals surface area contributed by atoms with Gasteiger partial charge in [-0.1, -0.05) is 0 Å². The summed E-state index contributed by atoms with van der Waals surface area (Å²) in [4.78, 5) is 2.62. The molecular formula is C13H26N2O2. The topological polar surface area (TPSA) is 47.7 Å². The van der Waals surface area contributed by atoms with E-state index in [0.29, 0.717) is 18.2 Å². The van der Waals surface area contributed by atoms with E-state index >= 15 is 0 Å². The van der Waals surface area contributed by atoms with Crippen LogP contribution in [0.2, 0.25) is 0 Å². The van der Waals surface area contributed by atoms with Crippen molar-refractivity contribution in [2.75, 3.05) is 33.4 Å². The third-order valence-electron chi connectivity index (χ3n) is 4.21. The Morgan fingerprint density at radius 3 is 2.94 bits per heavy atom. The van der Waals surface area contributed by atoms with Crippen LogP contribution in [0.3, 0.4) is 0 Å². The van der Waals surface area contributed by atoms with Crippen molar-refractivity contribution in [3.05, 3.63) is 0 Å². The number of likely N-dealkylation sites (tertiary alicyclic amines) is 1. The Balaban J connectivity index is 1.93. The first-order valence-corrected chi connectivity index (χ1v) is 6.91. The van der Waals surface area contributed by atoms with Crippen molar-refractivity contribution in [1.29, 1.82) is 0 Å². The number of rotatable bonds is 3. The highest BCUT2D eigenvalue weighted by Gasteiger charge is 2.32. The molecule has 0 spiro atoms. The van der Waals surface area contributed by atoms with Crippen molar-refractivity contribution in [3.8, 4) is 0 Å². The van der Waals surface area contributed by atoms with Crippen molar-refractivity contribution < 1.29 is 9.47 Å². The van der Waals surface area contributed by atoms with Gasteiger partial charge in [0.25, 0.3) is 0 Å². The highest BCUT2D eigenvalue weighted by Crippen LogP contribution is 2.25. The van der Waals surface area contributed by atoms with Gasteiger partial charge in [-0.2, -0.15) is 0 Å². The molecule has 2 heterocycles. The molecule has 17 heavy (non-hydrogen) atoms. The zero-order chi connectivity index (χ0) is 12.1. The van der Waals surface area contributed by atoms with E-state index in [1.54, 1.807) is 0 Å². The average molecular weight is 242 g/mol. The van der Waals surface area contributed by atoms with Crippen LogP contribution in [0.15, 0.2) is 0 Å². The molecule has 0 amide bonds. The van der Waals surface area contributed by atoms with E-state index in [9.17, 15) is 0 Å². The standard InChI is InChI=1S/C13H26N2O2/c1-16-13-4-6-15(12(9-13)10-14)11-3-2-7-17-8-5-11/h11-13H,2-10,14H2,1H3. The number of nitrogens with zero attached hydrogens (tertiary/aromatic N) is 1. The first-order valence-electron chi connectivity index (χ1n) is 6.91. The minimum Gasteiger partial charge on any atom is -0.381 e. The van der Waals surface area contributed by atoms with Crippen LogP contribution in [0, 0.1) is 0 Å². The molecule has 0 radical (unpaired) electrons. The Hall–Kier alpha value is -0.160. The molecule has 2 fully saturated rings. The Morgan fingerprint density at radius 1 is 1.29 bits per heavy atom. The number of piperidine rings is 1. The van der Waals surface area contributed by atoms with E-state index < -0.39 is 0 Å². The Bertz CT molecular complexity index is 217. The summed E-state index contributed by atoms with van der Waals surface area (Å²) in [6.07, 6.45) is 6.24. The van der Waals surface area contributed by atoms with E-state index in [1.807, 2.05) is 7.11 Å². The molecular weight excluding hydrogens is 216 g/mol. The molecule has 0 aromatic carbocycles. The molecule has 4 nitrogen and oxygen atoms in total. The summed E-state index contributed by atoms with van der Waals surface area (Å²) in [6, 6.07) is 1.17. The van der Waals surface area contributed by atoms with Crippen LogP contribution in [-0.2, 0) is 9.47 Å². The van der Waals surface area contributed by atoms with Gasteiger partial charge in [0.1, 0.15) is 0 Å². The SMILES string of the molecule is COC1CCN(C2CCCOCC2)C(CN)C1. The summed E-state index contributed by atoms with van der Waals surface area (Å²) in [7, 11) is 1.81. The van der Waals surface area contributed by atoms with Crippen LogP contribution in [0.25, 0.3) is 0 Å². The second-order valence-corrected chi connectivity index (χ2v) is 5.21. The largest absolute Gasteiger partial charge is 0.381 e. The first kappa shape index (κ1) is 13.3. The zero-order valence-corrected chi connectivity index (χ0v) is 10.9. The van der Waals surface area contributed by atoms with Crippen molar-refractivity contribution in [2.24, 2.45) is 5.73 Å². The molecule has 2 saturated heterocycles. The van der Waals surface area contributed by atoms with Gasteiger partial charge in [0.2, 0.25) is 0 Å². The maximum Gasteiger partial charge on any atom is 0.0599 e. The summed E-state index contributed by atoms with van der Waals surface area (Å²) >= 11 is 0. The predicted octanol–water partition coefficient (Wildman–Crippen LogP) is 0.994. The van der Waals surface area contributed by atoms with Gasteiger partial charge >= 0.3 is 0 Å². The smallest absolute Gasteiger partial charge is 0.0599 e. The van der Waals surface area contributed by atoms with Gasteiger partial charge in [0.05, 0.1) is 6.10 Å². The van der Waals surface area contributed by atoms with Gasteiger partial charge in [0.15, 0.2) is 0 Å². The summed E-state index contributed by atoms with van der Waals surface area (Å²) in [5.41, 5.74) is 5.93. The lowest BCUT2D eigenvalue weighted by molar-refractivity contribution is -0.00775. The molecule has 3 unspecified atom stereocenters. The molecule has 2 aliphatic rings. The van der Waals surface area contributed by atoms with Crippen LogP contribution in [0.5, 0.6) is 0 Å². The fourth-order valence-corrected chi connectivity index (χ4v) is 3.18. The molecule has 2 aliphatic heterocycles. The number of methoxy groups -OCH3 is 1. The fraction of sp³-hybridized carbons (Fsp3) is 1.00. The number of nitrogens with two attached hydrogens (primary N) is 1. The molecule has 2 rings (SSSR count). The number of hydrogen-bond donors (Lipinski definition) is 1. The highest BCUT2D eigenvalue weighted by atomic mass is 16.5. The Morgan fingerprint density at radius 2 is 2.18 bits per heavy atom. The summed E-state index contributed by atoms with van der Waals surface area (Å²) in [5.74, 6) is 0. The van der Waals surface area contributed by atoms with Crippen molar-refractivity contribution in [3.63, 3.8) is 0 Å². The molecule has 100 valence electrons.